The van der Waals surface area contributed by atoms with Gasteiger partial charge in [0.15, 0.2) is 5.65 Å². The maximum Gasteiger partial charge on any atom is 0.263 e. The zero-order valence-corrected chi connectivity index (χ0v) is 11.3. The second-order valence-corrected chi connectivity index (χ2v) is 5.26. The minimum absolute atomic E-state index is 0.0109. The molecule has 0 radical (unpaired) electrons. The monoisotopic (exact) mass is 258 g/mol. The van der Waals surface area contributed by atoms with Gasteiger partial charge in [-0.2, -0.15) is 0 Å². The molecule has 0 spiro atoms. The second kappa shape index (κ2) is 4.74. The van der Waals surface area contributed by atoms with E-state index in [-0.39, 0.29) is 17.6 Å². The molecule has 1 fully saturated rings. The summed E-state index contributed by atoms with van der Waals surface area (Å²) in [6.45, 7) is 5.02. The number of nitrogens with one attached hydrogen (secondary N) is 1. The zero-order chi connectivity index (χ0) is 13.4. The predicted octanol–water partition coefficient (Wildman–Crippen LogP) is 1.80. The van der Waals surface area contributed by atoms with Gasteiger partial charge in [0.25, 0.3) is 5.56 Å². The Bertz CT molecular complexity index is 656. The molecule has 5 heteroatoms. The number of nitrogens with zero attached hydrogens (tertiary/aromatic N) is 3. The van der Waals surface area contributed by atoms with E-state index in [0.29, 0.717) is 11.0 Å². The van der Waals surface area contributed by atoms with Gasteiger partial charge < -0.3 is 5.32 Å². The average Bonchev–Trinajstić information content (AvgIpc) is 2.92. The number of pyridine rings is 1. The Morgan fingerprint density at radius 2 is 2.32 bits per heavy atom. The van der Waals surface area contributed by atoms with Crippen molar-refractivity contribution in [2.75, 3.05) is 6.54 Å². The number of hydrogen-bond donors (Lipinski definition) is 1. The van der Waals surface area contributed by atoms with Gasteiger partial charge in [0.1, 0.15) is 5.82 Å². The van der Waals surface area contributed by atoms with Gasteiger partial charge in [0.05, 0.1) is 11.4 Å². The van der Waals surface area contributed by atoms with Crippen LogP contribution in [0.15, 0.2) is 23.1 Å². The van der Waals surface area contributed by atoms with Crippen LogP contribution < -0.4 is 10.9 Å². The van der Waals surface area contributed by atoms with E-state index in [4.69, 9.17) is 0 Å². The highest BCUT2D eigenvalue weighted by molar-refractivity contribution is 5.73. The van der Waals surface area contributed by atoms with Gasteiger partial charge in [-0.15, -0.1) is 0 Å². The highest BCUT2D eigenvalue weighted by Crippen LogP contribution is 2.23. The summed E-state index contributed by atoms with van der Waals surface area (Å²) in [6, 6.07) is 3.84. The zero-order valence-electron chi connectivity index (χ0n) is 11.3. The Kier molecular flexibility index (Phi) is 3.06. The van der Waals surface area contributed by atoms with E-state index in [1.54, 1.807) is 22.9 Å². The van der Waals surface area contributed by atoms with E-state index in [1.807, 2.05) is 13.8 Å². The van der Waals surface area contributed by atoms with Crippen molar-refractivity contribution in [2.45, 2.75) is 38.8 Å². The first-order valence-electron chi connectivity index (χ1n) is 6.79. The Labute approximate surface area is 111 Å². The Morgan fingerprint density at radius 3 is 3.00 bits per heavy atom. The fourth-order valence-electron chi connectivity index (χ4n) is 2.70. The summed E-state index contributed by atoms with van der Waals surface area (Å²) >= 11 is 0. The number of rotatable bonds is 2. The van der Waals surface area contributed by atoms with E-state index >= 15 is 0 Å². The van der Waals surface area contributed by atoms with E-state index in [2.05, 4.69) is 15.3 Å². The van der Waals surface area contributed by atoms with Gasteiger partial charge in [-0.25, -0.2) is 9.97 Å². The molecule has 0 bridgehead atoms. The summed E-state index contributed by atoms with van der Waals surface area (Å²) in [4.78, 5) is 21.5. The van der Waals surface area contributed by atoms with Crippen molar-refractivity contribution < 1.29 is 0 Å². The van der Waals surface area contributed by atoms with Crippen LogP contribution >= 0.6 is 0 Å². The number of fused-ring (bicyclic) bond motifs is 1. The topological polar surface area (TPSA) is 59.8 Å². The molecular weight excluding hydrogens is 240 g/mol. The summed E-state index contributed by atoms with van der Waals surface area (Å²) in [5.74, 6) is 0.823. The molecule has 1 atom stereocenters. The van der Waals surface area contributed by atoms with Gasteiger partial charge in [-0.1, -0.05) is 0 Å². The lowest BCUT2D eigenvalue weighted by molar-refractivity contribution is 0.484. The first-order chi connectivity index (χ1) is 9.18. The van der Waals surface area contributed by atoms with E-state index in [1.165, 1.54) is 0 Å². The van der Waals surface area contributed by atoms with Gasteiger partial charge in [0, 0.05) is 12.2 Å². The molecule has 2 aromatic heterocycles. The van der Waals surface area contributed by atoms with Gasteiger partial charge in [0.2, 0.25) is 0 Å². The lowest BCUT2D eigenvalue weighted by atomic mass is 10.2. The molecule has 0 saturated carbocycles. The molecule has 1 aliphatic heterocycles. The van der Waals surface area contributed by atoms with Crippen LogP contribution in [0.1, 0.15) is 44.6 Å². The van der Waals surface area contributed by atoms with Crippen LogP contribution in [0, 0.1) is 0 Å². The van der Waals surface area contributed by atoms with Gasteiger partial charge in [-0.05, 0) is 45.4 Å². The third-order valence-electron chi connectivity index (χ3n) is 3.59. The molecule has 19 heavy (non-hydrogen) atoms. The summed E-state index contributed by atoms with van der Waals surface area (Å²) < 4.78 is 1.80. The molecule has 0 aliphatic carbocycles. The van der Waals surface area contributed by atoms with Gasteiger partial charge in [-0.3, -0.25) is 9.36 Å². The lowest BCUT2D eigenvalue weighted by Crippen LogP contribution is -2.31. The molecule has 3 heterocycles. The van der Waals surface area contributed by atoms with Crippen molar-refractivity contribution >= 4 is 11.0 Å². The lowest BCUT2D eigenvalue weighted by Gasteiger charge is -2.20. The van der Waals surface area contributed by atoms with Crippen molar-refractivity contribution in [1.82, 2.24) is 19.9 Å². The average molecular weight is 258 g/mol. The molecule has 100 valence electrons. The fourth-order valence-corrected chi connectivity index (χ4v) is 2.70. The maximum absolute atomic E-state index is 12.6. The summed E-state index contributed by atoms with van der Waals surface area (Å²) in [7, 11) is 0. The molecule has 1 aliphatic rings. The summed E-state index contributed by atoms with van der Waals surface area (Å²) in [5, 5.41) is 4.01. The Hall–Kier alpha value is -1.75. The van der Waals surface area contributed by atoms with Crippen LogP contribution in [0.5, 0.6) is 0 Å². The van der Waals surface area contributed by atoms with Crippen molar-refractivity contribution in [2.24, 2.45) is 0 Å². The van der Waals surface area contributed by atoms with Crippen LogP contribution in [0.2, 0.25) is 0 Å². The fraction of sp³-hybridized carbons (Fsp3) is 0.500. The quantitative estimate of drug-likeness (QED) is 0.892. The molecule has 0 aromatic carbocycles. The van der Waals surface area contributed by atoms with Crippen molar-refractivity contribution in [3.63, 3.8) is 0 Å². The van der Waals surface area contributed by atoms with E-state index in [9.17, 15) is 4.79 Å². The molecule has 5 nitrogen and oxygen atoms in total. The second-order valence-electron chi connectivity index (χ2n) is 5.26. The Morgan fingerprint density at radius 1 is 1.47 bits per heavy atom. The molecule has 1 saturated heterocycles. The van der Waals surface area contributed by atoms with Gasteiger partial charge >= 0.3 is 0 Å². The van der Waals surface area contributed by atoms with Crippen molar-refractivity contribution in [3.8, 4) is 0 Å². The third kappa shape index (κ3) is 2.04. The van der Waals surface area contributed by atoms with Crippen molar-refractivity contribution in [3.05, 3.63) is 34.5 Å². The number of hydrogen-bond acceptors (Lipinski definition) is 4. The smallest absolute Gasteiger partial charge is 0.263 e. The van der Waals surface area contributed by atoms with Crippen LogP contribution in [0.4, 0.5) is 0 Å². The molecule has 0 amide bonds. The summed E-state index contributed by atoms with van der Waals surface area (Å²) in [5.41, 5.74) is 0.560. The molecule has 1 N–H and O–H groups in total. The number of aromatic nitrogens is 3. The molecule has 0 unspecified atom stereocenters. The van der Waals surface area contributed by atoms with Crippen LogP contribution in [0.3, 0.4) is 0 Å². The van der Waals surface area contributed by atoms with Crippen LogP contribution in [0.25, 0.3) is 11.0 Å². The Balaban J connectivity index is 2.29. The highest BCUT2D eigenvalue weighted by Gasteiger charge is 2.24. The minimum Gasteiger partial charge on any atom is -0.307 e. The predicted molar refractivity (Wildman–Crippen MR) is 74.2 cm³/mol. The SMILES string of the molecule is CC(C)n1c([C@@H]2CCCN2)nc2ncccc2c1=O. The normalized spacial score (nSPS) is 19.4. The highest BCUT2D eigenvalue weighted by atomic mass is 16.1. The molecule has 3 rings (SSSR count). The van der Waals surface area contributed by atoms with Crippen LogP contribution in [-0.2, 0) is 0 Å². The first kappa shape index (κ1) is 12.3. The third-order valence-corrected chi connectivity index (χ3v) is 3.59. The van der Waals surface area contributed by atoms with Crippen LogP contribution in [-0.4, -0.2) is 21.1 Å². The minimum atomic E-state index is 0.0109. The van der Waals surface area contributed by atoms with E-state index in [0.717, 1.165) is 25.2 Å². The maximum atomic E-state index is 12.6. The standard InChI is InChI=1S/C14H18N4O/c1-9(2)18-13(11-6-4-7-15-11)17-12-10(14(18)19)5-3-8-16-12/h3,5,8-9,11,15H,4,6-7H2,1-2H3/t11-/m0/s1. The van der Waals surface area contributed by atoms with Crippen molar-refractivity contribution in [1.29, 1.82) is 0 Å². The molecule has 2 aromatic rings. The summed E-state index contributed by atoms with van der Waals surface area (Å²) in [6.07, 6.45) is 3.83. The molecular formula is C14H18N4O. The van der Waals surface area contributed by atoms with E-state index < -0.39 is 0 Å². The largest absolute Gasteiger partial charge is 0.307 e. The first-order valence-corrected chi connectivity index (χ1v) is 6.79.